The van der Waals surface area contributed by atoms with Crippen molar-refractivity contribution in [3.8, 4) is 0 Å². The number of carbonyl (C=O) groups excluding carboxylic acids is 5. The number of likely N-dealkylation sites (N-methyl/N-ethyl adjacent to an activating group) is 2. The number of nitrogens with zero attached hydrogens (tertiary/aromatic N) is 2. The van der Waals surface area contributed by atoms with Gasteiger partial charge in [-0.25, -0.2) is 14.6 Å². The van der Waals surface area contributed by atoms with Crippen molar-refractivity contribution in [3.05, 3.63) is 0 Å². The van der Waals surface area contributed by atoms with Gasteiger partial charge in [0.2, 0.25) is 11.8 Å². The van der Waals surface area contributed by atoms with Crippen molar-refractivity contribution in [2.24, 2.45) is 5.73 Å². The molecular formula is C40H74ClN7O11S4. The Balaban J connectivity index is 0.000000518. The van der Waals surface area contributed by atoms with E-state index in [1.807, 2.05) is 13.8 Å². The quantitative estimate of drug-likeness (QED) is 0.123. The lowest BCUT2D eigenvalue weighted by Gasteiger charge is -2.30. The van der Waals surface area contributed by atoms with Crippen LogP contribution in [0.5, 0.6) is 0 Å². The van der Waals surface area contributed by atoms with Crippen molar-refractivity contribution in [2.75, 3.05) is 49.2 Å². The predicted octanol–water partition coefficient (Wildman–Crippen LogP) is 3.75. The number of likely N-dealkylation sites (tertiary alicyclic amines) is 1. The molecule has 9 N–H and O–H groups in total. The molecule has 0 bridgehead atoms. The van der Waals surface area contributed by atoms with E-state index in [4.69, 9.17) is 15.2 Å². The number of rotatable bonds is 14. The molecule has 18 nitrogen and oxygen atoms in total. The summed E-state index contributed by atoms with van der Waals surface area (Å²) in [6.07, 6.45) is 0.222. The third kappa shape index (κ3) is 19.4. The number of carboxylic acids is 1. The highest BCUT2D eigenvalue weighted by atomic mass is 35.5. The van der Waals surface area contributed by atoms with Gasteiger partial charge in [-0.1, -0.05) is 26.7 Å². The van der Waals surface area contributed by atoms with Gasteiger partial charge in [0.05, 0.1) is 14.2 Å². The molecule has 4 fully saturated rings. The van der Waals surface area contributed by atoms with Crippen molar-refractivity contribution >= 4 is 95.3 Å². The minimum Gasteiger partial charge on any atom is -0.480 e. The number of carboxylic acid groups (broad SMARTS) is 1. The van der Waals surface area contributed by atoms with Crippen molar-refractivity contribution < 1.29 is 53.6 Å². The maximum absolute atomic E-state index is 13.2. The molecule has 0 aromatic heterocycles. The van der Waals surface area contributed by atoms with E-state index in [0.717, 1.165) is 29.4 Å². The van der Waals surface area contributed by atoms with E-state index in [9.17, 15) is 44.1 Å². The number of aliphatic hydroxyl groups is 2. The number of hydrogen-bond acceptors (Lipinski definition) is 16. The van der Waals surface area contributed by atoms with Crippen LogP contribution in [-0.2, 0) is 28.7 Å². The van der Waals surface area contributed by atoms with Crippen LogP contribution >= 0.6 is 59.5 Å². The van der Waals surface area contributed by atoms with Gasteiger partial charge in [-0.3, -0.25) is 29.5 Å². The number of amides is 5. The molecule has 2 spiro atoms. The minimum absolute atomic E-state index is 0. The highest BCUT2D eigenvalue weighted by Gasteiger charge is 2.53. The van der Waals surface area contributed by atoms with E-state index in [2.05, 4.69) is 21.4 Å². The third-order valence-corrected chi connectivity index (χ3v) is 16.5. The molecule has 0 saturated carbocycles. The first kappa shape index (κ1) is 59.0. The molecular weight excluding hydrogens is 918 g/mol. The summed E-state index contributed by atoms with van der Waals surface area (Å²) in [5.41, 5.74) is 6.87. The van der Waals surface area contributed by atoms with Gasteiger partial charge in [0.25, 0.3) is 5.91 Å². The number of aliphatic carboxylic acids is 1. The van der Waals surface area contributed by atoms with Crippen molar-refractivity contribution in [3.63, 3.8) is 0 Å². The summed E-state index contributed by atoms with van der Waals surface area (Å²) in [5.74, 6) is 1.86. The molecule has 4 rings (SSSR count). The molecule has 4 unspecified atom stereocenters. The summed E-state index contributed by atoms with van der Waals surface area (Å²) >= 11 is 7.13. The van der Waals surface area contributed by atoms with Crippen LogP contribution in [0, 0.1) is 0 Å². The summed E-state index contributed by atoms with van der Waals surface area (Å²) in [7, 11) is 0. The molecule has 0 radical (unpaired) electrons. The maximum atomic E-state index is 13.2. The Bertz CT molecular complexity index is 1500. The van der Waals surface area contributed by atoms with E-state index in [1.165, 1.54) is 9.91 Å². The average molecular weight is 993 g/mol. The second-order valence-electron chi connectivity index (χ2n) is 17.4. The standard InChI is InChI=1S/C20H35N3O5S2.C12H20N2O4S2.C8H18N2O2.ClH/c1-6-8-13(15(24)17(26)21-7-2)22-16(25)14-11-20(29-9-10-30-20)12-23(14)18(27)28-19(3,4)5;1-11(2,3)18-10(17)13-14-7-12(19-4-5-20-12)6-8(14)9(15)16;1-3-5-6(9)7(11)8(12)10-4-2;/h13-15,24H,6-12H2,1-5H3,(H,21,26)(H,22,25);8H,4-7H2,1-3H3,(H,13,17)(H,15,16);6-7,11H,3-5,9H2,1-2H3,(H,10,12);1H/t13?,14-,15?;8-;;/m00../s1. The largest absolute Gasteiger partial charge is 0.480 e. The van der Waals surface area contributed by atoms with Gasteiger partial charge in [-0.15, -0.1) is 59.5 Å². The number of ether oxygens (including phenoxy) is 2. The Hall–Kier alpha value is -2.05. The summed E-state index contributed by atoms with van der Waals surface area (Å²) in [5, 5.41) is 38.5. The fourth-order valence-electron chi connectivity index (χ4n) is 6.92. The number of nitrogens with two attached hydrogens (primary N) is 1. The first-order valence-electron chi connectivity index (χ1n) is 21.4. The summed E-state index contributed by atoms with van der Waals surface area (Å²) in [4.78, 5) is 73.8. The van der Waals surface area contributed by atoms with Crippen molar-refractivity contribution in [1.29, 1.82) is 0 Å². The molecule has 4 heterocycles. The van der Waals surface area contributed by atoms with Crippen LogP contribution in [0.25, 0.3) is 0 Å². The number of thioether (sulfide) groups is 4. The normalized spacial score (nSPS) is 21.9. The maximum Gasteiger partial charge on any atom is 0.422 e. The number of aliphatic hydroxyl groups excluding tert-OH is 2. The molecule has 23 heteroatoms. The van der Waals surface area contributed by atoms with Gasteiger partial charge < -0.3 is 46.5 Å². The Kier molecular flexibility index (Phi) is 25.2. The van der Waals surface area contributed by atoms with Crippen LogP contribution in [0.1, 0.15) is 108 Å². The van der Waals surface area contributed by atoms with Gasteiger partial charge >= 0.3 is 18.2 Å². The van der Waals surface area contributed by atoms with E-state index >= 15 is 0 Å². The molecule has 63 heavy (non-hydrogen) atoms. The molecule has 0 aromatic rings. The minimum atomic E-state index is -1.34. The number of nitrogens with one attached hydrogen (secondary N) is 4. The molecule has 4 saturated heterocycles. The molecule has 6 atom stereocenters. The van der Waals surface area contributed by atoms with Gasteiger partial charge in [0.1, 0.15) is 29.4 Å². The Morgan fingerprint density at radius 2 is 1.19 bits per heavy atom. The highest BCUT2D eigenvalue weighted by Crippen LogP contribution is 2.52. The predicted molar refractivity (Wildman–Crippen MR) is 255 cm³/mol. The molecule has 5 amide bonds. The van der Waals surface area contributed by atoms with Gasteiger partial charge in [0, 0.05) is 68.1 Å². The summed E-state index contributed by atoms with van der Waals surface area (Å²) < 4.78 is 10.4. The zero-order valence-corrected chi connectivity index (χ0v) is 42.6. The third-order valence-electron chi connectivity index (χ3n) is 9.64. The van der Waals surface area contributed by atoms with Crippen LogP contribution in [0.4, 0.5) is 9.59 Å². The smallest absolute Gasteiger partial charge is 0.422 e. The van der Waals surface area contributed by atoms with E-state index in [1.54, 1.807) is 102 Å². The zero-order chi connectivity index (χ0) is 47.1. The lowest BCUT2D eigenvalue weighted by molar-refractivity contribution is -0.143. The molecule has 0 aromatic carbocycles. The first-order chi connectivity index (χ1) is 28.9. The Morgan fingerprint density at radius 3 is 1.63 bits per heavy atom. The Labute approximate surface area is 396 Å². The van der Waals surface area contributed by atoms with Crippen molar-refractivity contribution in [2.45, 2.75) is 163 Å². The number of carbonyl (C=O) groups is 6. The van der Waals surface area contributed by atoms with Crippen LogP contribution < -0.4 is 27.1 Å². The van der Waals surface area contributed by atoms with Crippen molar-refractivity contribution in [1.82, 2.24) is 31.3 Å². The zero-order valence-electron chi connectivity index (χ0n) is 38.5. The lowest BCUT2D eigenvalue weighted by Crippen LogP contribution is -2.55. The van der Waals surface area contributed by atoms with Crippen LogP contribution in [0.15, 0.2) is 0 Å². The second kappa shape index (κ2) is 26.9. The number of hydrogen-bond donors (Lipinski definition) is 8. The van der Waals surface area contributed by atoms with Gasteiger partial charge in [-0.05, 0) is 68.2 Å². The fraction of sp³-hybridized carbons (Fsp3) is 0.850. The molecule has 4 aliphatic rings. The number of halogens is 1. The van der Waals surface area contributed by atoms with Crippen LogP contribution in [0.2, 0.25) is 0 Å². The number of hydrazine groups is 1. The summed E-state index contributed by atoms with van der Waals surface area (Å²) in [6, 6.07) is -2.55. The fourth-order valence-corrected chi connectivity index (χ4v) is 13.4. The van der Waals surface area contributed by atoms with Crippen LogP contribution in [-0.4, -0.2) is 166 Å². The first-order valence-corrected chi connectivity index (χ1v) is 25.3. The topological polar surface area (TPSA) is 262 Å². The van der Waals surface area contributed by atoms with Gasteiger partial charge in [-0.2, -0.15) is 0 Å². The lowest BCUT2D eigenvalue weighted by atomic mass is 10.0. The van der Waals surface area contributed by atoms with E-state index < -0.39 is 71.6 Å². The summed E-state index contributed by atoms with van der Waals surface area (Å²) in [6.45, 7) is 20.0. The van der Waals surface area contributed by atoms with E-state index in [0.29, 0.717) is 58.3 Å². The van der Waals surface area contributed by atoms with Gasteiger partial charge in [0.15, 0.2) is 6.10 Å². The van der Waals surface area contributed by atoms with E-state index in [-0.39, 0.29) is 32.4 Å². The molecule has 0 aliphatic carbocycles. The second-order valence-corrected chi connectivity index (χ2v) is 23.8. The molecule has 366 valence electrons. The highest BCUT2D eigenvalue weighted by molar-refractivity contribution is 8.21. The monoisotopic (exact) mass is 991 g/mol. The van der Waals surface area contributed by atoms with Crippen LogP contribution in [0.3, 0.4) is 0 Å². The SMILES string of the molecule is CC(C)(C)OC(=O)NN1CC2(C[C@H]1C(=O)O)SCCS2.CCCC(N)C(O)C(=O)NCC.CCCC(NC(=O)[C@@H]1CC2(CN1C(=O)OC(C)(C)C)SCCS2)C(O)C(=O)NCC.Cl. The molecule has 4 aliphatic heterocycles. The average Bonchev–Trinajstić information content (AvgIpc) is 3.98. The Morgan fingerprint density at radius 1 is 0.730 bits per heavy atom.